The third-order valence-electron chi connectivity index (χ3n) is 6.68. The molecule has 1 aliphatic heterocycles. The minimum atomic E-state index is -0.574. The van der Waals surface area contributed by atoms with E-state index in [0.717, 1.165) is 42.6 Å². The van der Waals surface area contributed by atoms with Gasteiger partial charge in [0.1, 0.15) is 19.3 Å². The lowest BCUT2D eigenvalue weighted by atomic mass is 10.0. The molecule has 0 spiro atoms. The molecule has 1 saturated carbocycles. The van der Waals surface area contributed by atoms with Crippen LogP contribution in [0.2, 0.25) is 10.0 Å². The summed E-state index contributed by atoms with van der Waals surface area (Å²) in [6, 6.07) is 10.6. The number of hydrogen-bond acceptors (Lipinski definition) is 4. The number of benzene rings is 2. The van der Waals surface area contributed by atoms with Crippen LogP contribution in [0, 0.1) is 0 Å². The lowest BCUT2D eigenvalue weighted by molar-refractivity contribution is -0.141. The van der Waals surface area contributed by atoms with E-state index < -0.39 is 6.04 Å². The average molecular weight is 519 g/mol. The number of carbonyl (C=O) groups excluding carboxylic acids is 2. The van der Waals surface area contributed by atoms with Gasteiger partial charge in [-0.15, -0.1) is 0 Å². The van der Waals surface area contributed by atoms with Gasteiger partial charge in [0, 0.05) is 29.1 Å². The van der Waals surface area contributed by atoms with Gasteiger partial charge >= 0.3 is 0 Å². The highest BCUT2D eigenvalue weighted by Gasteiger charge is 2.31. The van der Waals surface area contributed by atoms with Gasteiger partial charge in [-0.05, 0) is 61.1 Å². The number of rotatable bonds is 9. The van der Waals surface area contributed by atoms with Crippen molar-refractivity contribution in [3.63, 3.8) is 0 Å². The van der Waals surface area contributed by atoms with Crippen molar-refractivity contribution in [3.8, 4) is 11.5 Å². The molecule has 2 aromatic carbocycles. The van der Waals surface area contributed by atoms with E-state index in [1.807, 2.05) is 31.2 Å². The summed E-state index contributed by atoms with van der Waals surface area (Å²) in [7, 11) is 0. The monoisotopic (exact) mass is 518 g/mol. The Morgan fingerprint density at radius 1 is 1.06 bits per heavy atom. The zero-order valence-electron chi connectivity index (χ0n) is 20.0. The van der Waals surface area contributed by atoms with Gasteiger partial charge in [0.25, 0.3) is 0 Å². The summed E-state index contributed by atoms with van der Waals surface area (Å²) >= 11 is 12.5. The van der Waals surface area contributed by atoms with Crippen LogP contribution in [0.1, 0.15) is 56.6 Å². The van der Waals surface area contributed by atoms with E-state index in [2.05, 4.69) is 5.32 Å². The number of amides is 2. The van der Waals surface area contributed by atoms with Gasteiger partial charge in [0.15, 0.2) is 11.5 Å². The molecule has 2 aromatic rings. The Morgan fingerprint density at radius 2 is 1.80 bits per heavy atom. The zero-order chi connectivity index (χ0) is 24.8. The summed E-state index contributed by atoms with van der Waals surface area (Å²) < 4.78 is 11.3. The van der Waals surface area contributed by atoms with E-state index in [4.69, 9.17) is 32.7 Å². The van der Waals surface area contributed by atoms with Crippen LogP contribution in [-0.4, -0.2) is 42.0 Å². The van der Waals surface area contributed by atoms with Gasteiger partial charge in [-0.25, -0.2) is 0 Å². The van der Waals surface area contributed by atoms with Crippen molar-refractivity contribution in [1.29, 1.82) is 0 Å². The quantitative estimate of drug-likeness (QED) is 0.471. The van der Waals surface area contributed by atoms with E-state index >= 15 is 0 Å². The van der Waals surface area contributed by atoms with Crippen LogP contribution < -0.4 is 14.8 Å². The highest BCUT2D eigenvalue weighted by Crippen LogP contribution is 2.31. The zero-order valence-corrected chi connectivity index (χ0v) is 21.5. The fourth-order valence-electron chi connectivity index (χ4n) is 4.76. The predicted molar refractivity (Wildman–Crippen MR) is 137 cm³/mol. The molecule has 2 aliphatic rings. The van der Waals surface area contributed by atoms with Gasteiger partial charge in [-0.2, -0.15) is 0 Å². The van der Waals surface area contributed by atoms with Crippen LogP contribution in [0.5, 0.6) is 11.5 Å². The normalized spacial score (nSPS) is 16.1. The molecule has 1 atom stereocenters. The molecule has 6 nitrogen and oxygen atoms in total. The topological polar surface area (TPSA) is 67.9 Å². The third kappa shape index (κ3) is 6.62. The third-order valence-corrected chi connectivity index (χ3v) is 7.26. The Bertz CT molecular complexity index is 1060. The molecule has 1 unspecified atom stereocenters. The largest absolute Gasteiger partial charge is 0.486 e. The van der Waals surface area contributed by atoms with Crippen LogP contribution in [-0.2, 0) is 22.6 Å². The first-order valence-electron chi connectivity index (χ1n) is 12.4. The van der Waals surface area contributed by atoms with E-state index in [1.54, 1.807) is 17.0 Å². The lowest BCUT2D eigenvalue weighted by Crippen LogP contribution is -2.51. The number of fused-ring (bicyclic) bond motifs is 1. The average Bonchev–Trinajstić information content (AvgIpc) is 3.36. The van der Waals surface area contributed by atoms with Crippen LogP contribution in [0.25, 0.3) is 0 Å². The Labute approximate surface area is 216 Å². The van der Waals surface area contributed by atoms with Crippen molar-refractivity contribution in [2.75, 3.05) is 13.2 Å². The van der Waals surface area contributed by atoms with E-state index in [0.29, 0.717) is 41.9 Å². The molecule has 0 saturated heterocycles. The maximum absolute atomic E-state index is 13.6. The standard InChI is InChI=1S/C27H32Cl2N2O4/c1-2-23(27(33)30-21-5-3-4-6-21)31(17-19-9-10-20(28)16-22(19)29)26(32)12-8-18-7-11-24-25(15-18)35-14-13-34-24/h7,9-11,15-16,21,23H,2-6,8,12-14,17H2,1H3,(H,30,33). The number of hydrogen-bond donors (Lipinski definition) is 1. The van der Waals surface area contributed by atoms with Crippen molar-refractivity contribution in [2.24, 2.45) is 0 Å². The van der Waals surface area contributed by atoms with Gasteiger partial charge in [0.05, 0.1) is 0 Å². The molecule has 2 amide bonds. The van der Waals surface area contributed by atoms with Crippen LogP contribution in [0.15, 0.2) is 36.4 Å². The van der Waals surface area contributed by atoms with Gasteiger partial charge in [0.2, 0.25) is 11.8 Å². The van der Waals surface area contributed by atoms with Crippen molar-refractivity contribution >= 4 is 35.0 Å². The molecule has 0 aromatic heterocycles. The summed E-state index contributed by atoms with van der Waals surface area (Å²) in [5.41, 5.74) is 1.74. The SMILES string of the molecule is CCC(C(=O)NC1CCCC1)N(Cc1ccc(Cl)cc1Cl)C(=O)CCc1ccc2c(c1)OCCO2. The predicted octanol–water partition coefficient (Wildman–Crippen LogP) is 5.56. The maximum atomic E-state index is 13.6. The van der Waals surface area contributed by atoms with E-state index in [-0.39, 0.29) is 30.8 Å². The summed E-state index contributed by atoms with van der Waals surface area (Å²) in [5, 5.41) is 4.17. The van der Waals surface area contributed by atoms with Crippen molar-refractivity contribution in [2.45, 2.75) is 70.5 Å². The van der Waals surface area contributed by atoms with Gasteiger partial charge in [-0.3, -0.25) is 9.59 Å². The molecular weight excluding hydrogens is 487 g/mol. The van der Waals surface area contributed by atoms with Crippen molar-refractivity contribution < 1.29 is 19.1 Å². The Kier molecular flexibility index (Phi) is 8.79. The first-order valence-corrected chi connectivity index (χ1v) is 13.1. The minimum absolute atomic E-state index is 0.0978. The smallest absolute Gasteiger partial charge is 0.243 e. The van der Waals surface area contributed by atoms with E-state index in [9.17, 15) is 9.59 Å². The summed E-state index contributed by atoms with van der Waals surface area (Å²) in [4.78, 5) is 28.5. The number of carbonyl (C=O) groups is 2. The molecule has 0 bridgehead atoms. The van der Waals surface area contributed by atoms with Crippen LogP contribution in [0.3, 0.4) is 0 Å². The number of halogens is 2. The lowest BCUT2D eigenvalue weighted by Gasteiger charge is -2.32. The molecule has 188 valence electrons. The summed E-state index contributed by atoms with van der Waals surface area (Å²) in [5.74, 6) is 1.23. The second-order valence-corrected chi connectivity index (χ2v) is 9.99. The Balaban J connectivity index is 1.50. The second-order valence-electron chi connectivity index (χ2n) is 9.15. The molecule has 35 heavy (non-hydrogen) atoms. The van der Waals surface area contributed by atoms with Gasteiger partial charge < -0.3 is 19.7 Å². The summed E-state index contributed by atoms with van der Waals surface area (Å²) in [6.07, 6.45) is 5.53. The highest BCUT2D eigenvalue weighted by atomic mass is 35.5. The molecule has 1 N–H and O–H groups in total. The first kappa shape index (κ1) is 25.6. The minimum Gasteiger partial charge on any atom is -0.486 e. The van der Waals surface area contributed by atoms with Crippen LogP contribution in [0.4, 0.5) is 0 Å². The number of aryl methyl sites for hydroxylation is 1. The molecule has 4 rings (SSSR count). The molecular formula is C27H32Cl2N2O4. The van der Waals surface area contributed by atoms with Crippen LogP contribution >= 0.6 is 23.2 Å². The van der Waals surface area contributed by atoms with Crippen molar-refractivity contribution in [3.05, 3.63) is 57.6 Å². The fraction of sp³-hybridized carbons (Fsp3) is 0.481. The fourth-order valence-corrected chi connectivity index (χ4v) is 5.23. The highest BCUT2D eigenvalue weighted by molar-refractivity contribution is 6.35. The molecule has 0 radical (unpaired) electrons. The van der Waals surface area contributed by atoms with Crippen molar-refractivity contribution in [1.82, 2.24) is 10.2 Å². The first-order chi connectivity index (χ1) is 16.9. The molecule has 1 heterocycles. The molecule has 1 fully saturated rings. The number of nitrogens with one attached hydrogen (secondary N) is 1. The Morgan fingerprint density at radius 3 is 2.51 bits per heavy atom. The second kappa shape index (κ2) is 12.0. The summed E-state index contributed by atoms with van der Waals surface area (Å²) in [6.45, 7) is 3.23. The molecule has 8 heteroatoms. The molecule has 1 aliphatic carbocycles. The Hall–Kier alpha value is -2.44. The van der Waals surface area contributed by atoms with E-state index in [1.165, 1.54) is 0 Å². The van der Waals surface area contributed by atoms with Gasteiger partial charge in [-0.1, -0.05) is 55.1 Å². The maximum Gasteiger partial charge on any atom is 0.243 e. The number of ether oxygens (including phenoxy) is 2. The number of nitrogens with zero attached hydrogens (tertiary/aromatic N) is 1.